The number of aryl methyl sites for hydroxylation is 1. The van der Waals surface area contributed by atoms with Gasteiger partial charge in [-0.25, -0.2) is 4.98 Å². The van der Waals surface area contributed by atoms with E-state index in [9.17, 15) is 4.79 Å². The molecule has 0 aliphatic carbocycles. The van der Waals surface area contributed by atoms with Gasteiger partial charge < -0.3 is 9.88 Å². The number of imidazole rings is 1. The highest BCUT2D eigenvalue weighted by atomic mass is 16.1. The van der Waals surface area contributed by atoms with Crippen LogP contribution in [-0.4, -0.2) is 22.0 Å². The van der Waals surface area contributed by atoms with Crippen molar-refractivity contribution in [1.29, 1.82) is 5.26 Å². The Morgan fingerprint density at radius 2 is 2.35 bits per heavy atom. The number of nitriles is 1. The summed E-state index contributed by atoms with van der Waals surface area (Å²) in [7, 11) is 0. The number of hydrogen-bond donors (Lipinski definition) is 1. The van der Waals surface area contributed by atoms with Crippen molar-refractivity contribution in [2.45, 2.75) is 19.4 Å². The van der Waals surface area contributed by atoms with E-state index in [-0.39, 0.29) is 5.91 Å². The Balaban J connectivity index is 1.79. The third-order valence-corrected chi connectivity index (χ3v) is 2.91. The van der Waals surface area contributed by atoms with Crippen LogP contribution in [0, 0.1) is 11.3 Å². The minimum atomic E-state index is -0.101. The van der Waals surface area contributed by atoms with E-state index in [0.717, 1.165) is 18.5 Å². The van der Waals surface area contributed by atoms with Crippen LogP contribution in [0.2, 0.25) is 0 Å². The van der Waals surface area contributed by atoms with Gasteiger partial charge in [0.2, 0.25) is 0 Å². The summed E-state index contributed by atoms with van der Waals surface area (Å²) in [6.07, 6.45) is 6.56. The number of carbonyl (C=O) groups is 1. The smallest absolute Gasteiger partial charge is 0.251 e. The summed E-state index contributed by atoms with van der Waals surface area (Å²) in [5.74, 6) is -0.101. The Labute approximate surface area is 117 Å². The molecule has 0 fully saturated rings. The Morgan fingerprint density at radius 1 is 1.45 bits per heavy atom. The number of benzene rings is 1. The molecule has 2 aromatic rings. The topological polar surface area (TPSA) is 70.7 Å². The molecular weight excluding hydrogens is 252 g/mol. The highest BCUT2D eigenvalue weighted by Crippen LogP contribution is 2.05. The molecule has 2 rings (SSSR count). The summed E-state index contributed by atoms with van der Waals surface area (Å²) in [6.45, 7) is 1.44. The average molecular weight is 268 g/mol. The van der Waals surface area contributed by atoms with Crippen molar-refractivity contribution in [1.82, 2.24) is 14.9 Å². The van der Waals surface area contributed by atoms with Crippen molar-refractivity contribution < 1.29 is 4.79 Å². The van der Waals surface area contributed by atoms with Crippen molar-refractivity contribution in [3.63, 3.8) is 0 Å². The molecule has 1 aromatic heterocycles. The van der Waals surface area contributed by atoms with Crippen LogP contribution in [-0.2, 0) is 13.0 Å². The number of nitrogens with one attached hydrogen (secondary N) is 1. The highest BCUT2D eigenvalue weighted by Gasteiger charge is 2.05. The molecule has 0 unspecified atom stereocenters. The monoisotopic (exact) mass is 268 g/mol. The maximum Gasteiger partial charge on any atom is 0.251 e. The van der Waals surface area contributed by atoms with Gasteiger partial charge in [-0.2, -0.15) is 5.26 Å². The van der Waals surface area contributed by atoms with Gasteiger partial charge in [-0.1, -0.05) is 12.1 Å². The van der Waals surface area contributed by atoms with Crippen LogP contribution in [0.25, 0.3) is 0 Å². The van der Waals surface area contributed by atoms with Gasteiger partial charge in [-0.3, -0.25) is 4.79 Å². The van der Waals surface area contributed by atoms with E-state index in [1.165, 1.54) is 0 Å². The molecule has 1 amide bonds. The van der Waals surface area contributed by atoms with E-state index in [2.05, 4.69) is 16.4 Å². The number of nitrogens with zero attached hydrogens (tertiary/aromatic N) is 3. The molecule has 1 aromatic carbocycles. The lowest BCUT2D eigenvalue weighted by atomic mass is 10.1. The van der Waals surface area contributed by atoms with Crippen LogP contribution in [0.3, 0.4) is 0 Å². The maximum absolute atomic E-state index is 11.9. The lowest BCUT2D eigenvalue weighted by Crippen LogP contribution is -2.25. The van der Waals surface area contributed by atoms with E-state index in [4.69, 9.17) is 5.26 Å². The zero-order chi connectivity index (χ0) is 14.2. The minimum absolute atomic E-state index is 0.101. The first-order valence-electron chi connectivity index (χ1n) is 6.49. The molecule has 0 aliphatic rings. The second-order valence-electron chi connectivity index (χ2n) is 4.45. The summed E-state index contributed by atoms with van der Waals surface area (Å²) in [5.41, 5.74) is 1.46. The molecule has 0 atom stereocenters. The van der Waals surface area contributed by atoms with Gasteiger partial charge in [-0.15, -0.1) is 0 Å². The van der Waals surface area contributed by atoms with E-state index in [1.807, 2.05) is 16.8 Å². The Bertz CT molecular complexity index is 599. The largest absolute Gasteiger partial charge is 0.352 e. The van der Waals surface area contributed by atoms with Crippen LogP contribution in [0.1, 0.15) is 22.3 Å². The summed E-state index contributed by atoms with van der Waals surface area (Å²) in [4.78, 5) is 15.9. The third-order valence-electron chi connectivity index (χ3n) is 2.91. The quantitative estimate of drug-likeness (QED) is 0.812. The van der Waals surface area contributed by atoms with Crippen LogP contribution < -0.4 is 5.32 Å². The molecule has 0 bridgehead atoms. The Kier molecular flexibility index (Phi) is 4.90. The van der Waals surface area contributed by atoms with Gasteiger partial charge in [-0.05, 0) is 24.1 Å². The van der Waals surface area contributed by atoms with Crippen molar-refractivity contribution in [2.75, 3.05) is 6.54 Å². The van der Waals surface area contributed by atoms with Gasteiger partial charge in [0.05, 0.1) is 18.8 Å². The molecule has 1 heterocycles. The number of carbonyl (C=O) groups excluding carboxylic acids is 1. The highest BCUT2D eigenvalue weighted by molar-refractivity contribution is 5.94. The molecule has 1 N–H and O–H groups in total. The fourth-order valence-electron chi connectivity index (χ4n) is 1.90. The number of hydrogen-bond acceptors (Lipinski definition) is 3. The normalized spacial score (nSPS) is 9.95. The lowest BCUT2D eigenvalue weighted by Gasteiger charge is -2.06. The molecule has 0 radical (unpaired) electrons. The second-order valence-corrected chi connectivity index (χ2v) is 4.45. The number of amides is 1. The van der Waals surface area contributed by atoms with Crippen molar-refractivity contribution in [3.05, 3.63) is 54.1 Å². The summed E-state index contributed by atoms with van der Waals surface area (Å²) in [6, 6.07) is 9.24. The molecule has 0 spiro atoms. The molecule has 20 heavy (non-hydrogen) atoms. The molecule has 0 saturated heterocycles. The number of rotatable bonds is 6. The zero-order valence-corrected chi connectivity index (χ0v) is 11.1. The maximum atomic E-state index is 11.9. The van der Waals surface area contributed by atoms with Gasteiger partial charge in [0, 0.05) is 31.0 Å². The van der Waals surface area contributed by atoms with Crippen LogP contribution in [0.15, 0.2) is 43.0 Å². The van der Waals surface area contributed by atoms with E-state index < -0.39 is 0 Å². The molecule has 0 saturated carbocycles. The summed E-state index contributed by atoms with van der Waals surface area (Å²) >= 11 is 0. The third kappa shape index (κ3) is 3.95. The van der Waals surface area contributed by atoms with Crippen LogP contribution in [0.4, 0.5) is 0 Å². The minimum Gasteiger partial charge on any atom is -0.352 e. The molecule has 5 nitrogen and oxygen atoms in total. The fourth-order valence-corrected chi connectivity index (χ4v) is 1.90. The fraction of sp³-hybridized carbons (Fsp3) is 0.267. The zero-order valence-electron chi connectivity index (χ0n) is 11.1. The van der Waals surface area contributed by atoms with Crippen molar-refractivity contribution >= 4 is 5.91 Å². The average Bonchev–Trinajstić information content (AvgIpc) is 2.97. The molecule has 5 heteroatoms. The van der Waals surface area contributed by atoms with Gasteiger partial charge in [0.1, 0.15) is 0 Å². The lowest BCUT2D eigenvalue weighted by molar-refractivity contribution is 0.0952. The first kappa shape index (κ1) is 13.8. The number of aromatic nitrogens is 2. The SMILES string of the molecule is N#CCc1cccc(C(=O)NCCCn2ccnc2)c1. The molecular formula is C15H16N4O. The predicted molar refractivity (Wildman–Crippen MR) is 74.9 cm³/mol. The van der Waals surface area contributed by atoms with Gasteiger partial charge in [0.15, 0.2) is 0 Å². The van der Waals surface area contributed by atoms with Gasteiger partial charge >= 0.3 is 0 Å². The molecule has 0 aliphatic heterocycles. The Hall–Kier alpha value is -2.61. The first-order chi connectivity index (χ1) is 9.79. The van der Waals surface area contributed by atoms with E-state index in [0.29, 0.717) is 18.5 Å². The second kappa shape index (κ2) is 7.10. The van der Waals surface area contributed by atoms with Crippen LogP contribution in [0.5, 0.6) is 0 Å². The van der Waals surface area contributed by atoms with Crippen molar-refractivity contribution in [3.8, 4) is 6.07 Å². The van der Waals surface area contributed by atoms with E-state index >= 15 is 0 Å². The summed E-state index contributed by atoms with van der Waals surface area (Å²) in [5, 5.41) is 11.5. The Morgan fingerprint density at radius 3 is 3.10 bits per heavy atom. The first-order valence-corrected chi connectivity index (χ1v) is 6.49. The van der Waals surface area contributed by atoms with E-state index in [1.54, 1.807) is 30.7 Å². The predicted octanol–water partition coefficient (Wildman–Crippen LogP) is 1.77. The summed E-state index contributed by atoms with van der Waals surface area (Å²) < 4.78 is 1.97. The van der Waals surface area contributed by atoms with Crippen LogP contribution >= 0.6 is 0 Å². The molecule has 102 valence electrons. The van der Waals surface area contributed by atoms with Crippen molar-refractivity contribution in [2.24, 2.45) is 0 Å². The standard InChI is InChI=1S/C15H16N4O/c16-6-5-13-3-1-4-14(11-13)15(20)18-7-2-9-19-10-8-17-12-19/h1,3-4,8,10-12H,2,5,7,9H2,(H,18,20). The van der Waals surface area contributed by atoms with Gasteiger partial charge in [0.25, 0.3) is 5.91 Å².